The van der Waals surface area contributed by atoms with Crippen molar-refractivity contribution < 1.29 is 14.7 Å². The van der Waals surface area contributed by atoms with Crippen LogP contribution in [0.15, 0.2) is 0 Å². The summed E-state index contributed by atoms with van der Waals surface area (Å²) >= 11 is 1.57. The molecule has 122 valence electrons. The largest absolute Gasteiger partial charge is 0.480 e. The van der Waals surface area contributed by atoms with Crippen LogP contribution >= 0.6 is 11.8 Å². The molecule has 0 aromatic heterocycles. The van der Waals surface area contributed by atoms with Crippen LogP contribution in [0.25, 0.3) is 0 Å². The molecule has 3 N–H and O–H groups in total. The van der Waals surface area contributed by atoms with Crippen LogP contribution in [0.5, 0.6) is 0 Å². The van der Waals surface area contributed by atoms with Crippen molar-refractivity contribution in [1.82, 2.24) is 15.5 Å². The maximum Gasteiger partial charge on any atom is 0.326 e. The van der Waals surface area contributed by atoms with Crippen molar-refractivity contribution >= 4 is 23.8 Å². The van der Waals surface area contributed by atoms with E-state index in [2.05, 4.69) is 22.5 Å². The van der Waals surface area contributed by atoms with Gasteiger partial charge in [0.05, 0.1) is 0 Å². The van der Waals surface area contributed by atoms with Gasteiger partial charge >= 0.3 is 12.0 Å². The van der Waals surface area contributed by atoms with Gasteiger partial charge in [-0.25, -0.2) is 9.59 Å². The minimum absolute atomic E-state index is 0.283. The summed E-state index contributed by atoms with van der Waals surface area (Å²) in [6.45, 7) is 4.79. The number of piperidine rings is 1. The van der Waals surface area contributed by atoms with Crippen LogP contribution in [-0.4, -0.2) is 65.7 Å². The number of likely N-dealkylation sites (tertiary alicyclic amines) is 1. The summed E-state index contributed by atoms with van der Waals surface area (Å²) < 4.78 is 0. The first-order valence-electron chi connectivity index (χ1n) is 7.54. The molecule has 1 aliphatic heterocycles. The van der Waals surface area contributed by atoms with Crippen molar-refractivity contribution in [1.29, 1.82) is 0 Å². The molecule has 2 atom stereocenters. The lowest BCUT2D eigenvalue weighted by Crippen LogP contribution is -2.50. The van der Waals surface area contributed by atoms with Crippen LogP contribution in [0.4, 0.5) is 4.79 Å². The lowest BCUT2D eigenvalue weighted by Gasteiger charge is -2.32. The zero-order valence-electron chi connectivity index (χ0n) is 12.9. The monoisotopic (exact) mass is 317 g/mol. The minimum Gasteiger partial charge on any atom is -0.480 e. The van der Waals surface area contributed by atoms with E-state index in [1.807, 2.05) is 6.26 Å². The Hall–Kier alpha value is -0.950. The molecule has 1 rings (SSSR count). The zero-order valence-corrected chi connectivity index (χ0v) is 13.7. The van der Waals surface area contributed by atoms with Gasteiger partial charge in [-0.2, -0.15) is 11.8 Å². The summed E-state index contributed by atoms with van der Waals surface area (Å²) in [5.74, 6) is -0.273. The quantitative estimate of drug-likeness (QED) is 0.630. The molecular formula is C14H27N3O3S. The van der Waals surface area contributed by atoms with E-state index in [0.717, 1.165) is 13.1 Å². The Morgan fingerprint density at radius 2 is 1.95 bits per heavy atom. The molecular weight excluding hydrogens is 290 g/mol. The third-order valence-electron chi connectivity index (χ3n) is 3.79. The van der Waals surface area contributed by atoms with Crippen LogP contribution < -0.4 is 10.6 Å². The number of nitrogens with zero attached hydrogens (tertiary/aromatic N) is 1. The number of thioether (sulfide) groups is 1. The second kappa shape index (κ2) is 9.89. The maximum atomic E-state index is 11.8. The molecule has 1 heterocycles. The summed E-state index contributed by atoms with van der Waals surface area (Å²) in [6, 6.07) is -0.930. The third kappa shape index (κ3) is 7.04. The van der Waals surface area contributed by atoms with E-state index in [4.69, 9.17) is 5.11 Å². The van der Waals surface area contributed by atoms with Gasteiger partial charge in [-0.15, -0.1) is 0 Å². The molecule has 0 aliphatic carbocycles. The zero-order chi connectivity index (χ0) is 15.7. The summed E-state index contributed by atoms with van der Waals surface area (Å²) in [5, 5.41) is 14.4. The highest BCUT2D eigenvalue weighted by Crippen LogP contribution is 2.11. The molecule has 0 saturated carbocycles. The highest BCUT2D eigenvalue weighted by atomic mass is 32.2. The fraction of sp³-hybridized carbons (Fsp3) is 0.857. The Kier molecular flexibility index (Phi) is 8.52. The van der Waals surface area contributed by atoms with Gasteiger partial charge in [0.25, 0.3) is 0 Å². The van der Waals surface area contributed by atoms with E-state index in [0.29, 0.717) is 18.7 Å². The Morgan fingerprint density at radius 1 is 1.29 bits per heavy atom. The topological polar surface area (TPSA) is 81.7 Å². The van der Waals surface area contributed by atoms with Crippen LogP contribution in [0.2, 0.25) is 0 Å². The molecule has 1 aliphatic rings. The first kappa shape index (κ1) is 18.1. The average Bonchev–Trinajstić information content (AvgIpc) is 2.49. The standard InChI is InChI=1S/C14H27N3O3S/c1-11(17-7-4-3-5-8-17)10-15-14(20)16-12(13(18)19)6-9-21-2/h11-12H,3-10H2,1-2H3,(H,18,19)(H2,15,16,20). The summed E-state index contributed by atoms with van der Waals surface area (Å²) in [4.78, 5) is 25.2. The molecule has 0 bridgehead atoms. The van der Waals surface area contributed by atoms with Crippen LogP contribution in [0, 0.1) is 0 Å². The van der Waals surface area contributed by atoms with E-state index in [9.17, 15) is 9.59 Å². The molecule has 21 heavy (non-hydrogen) atoms. The number of rotatable bonds is 8. The Balaban J connectivity index is 2.29. The molecule has 6 nitrogen and oxygen atoms in total. The Bertz CT molecular complexity index is 335. The van der Waals surface area contributed by atoms with Crippen molar-refractivity contribution in [2.24, 2.45) is 0 Å². The molecule has 0 spiro atoms. The van der Waals surface area contributed by atoms with Gasteiger partial charge < -0.3 is 15.7 Å². The van der Waals surface area contributed by atoms with Gasteiger partial charge in [0.1, 0.15) is 6.04 Å². The minimum atomic E-state index is -0.983. The smallest absolute Gasteiger partial charge is 0.326 e. The fourth-order valence-corrected chi connectivity index (χ4v) is 2.90. The van der Waals surface area contributed by atoms with Gasteiger partial charge in [0.15, 0.2) is 0 Å². The fourth-order valence-electron chi connectivity index (χ4n) is 2.43. The highest BCUT2D eigenvalue weighted by Gasteiger charge is 2.21. The van der Waals surface area contributed by atoms with E-state index in [-0.39, 0.29) is 6.04 Å². The predicted molar refractivity (Wildman–Crippen MR) is 85.8 cm³/mol. The van der Waals surface area contributed by atoms with Crippen molar-refractivity contribution in [3.05, 3.63) is 0 Å². The van der Waals surface area contributed by atoms with Crippen LogP contribution in [-0.2, 0) is 4.79 Å². The molecule has 0 radical (unpaired) electrons. The number of carbonyl (C=O) groups excluding carboxylic acids is 1. The van der Waals surface area contributed by atoms with E-state index < -0.39 is 18.0 Å². The average molecular weight is 317 g/mol. The van der Waals surface area contributed by atoms with E-state index in [1.165, 1.54) is 19.3 Å². The highest BCUT2D eigenvalue weighted by molar-refractivity contribution is 7.98. The van der Waals surface area contributed by atoms with Gasteiger partial charge in [-0.3, -0.25) is 4.90 Å². The third-order valence-corrected chi connectivity index (χ3v) is 4.43. The Labute approximate surface area is 131 Å². The molecule has 1 saturated heterocycles. The number of carbonyl (C=O) groups is 2. The van der Waals surface area contributed by atoms with E-state index in [1.54, 1.807) is 11.8 Å². The number of carboxylic acid groups (broad SMARTS) is 1. The lowest BCUT2D eigenvalue weighted by molar-refractivity contribution is -0.139. The van der Waals surface area contributed by atoms with Gasteiger partial charge in [-0.1, -0.05) is 6.42 Å². The molecule has 0 aromatic rings. The number of carboxylic acids is 1. The number of hydrogen-bond donors (Lipinski definition) is 3. The van der Waals surface area contributed by atoms with Crippen molar-refractivity contribution in [3.63, 3.8) is 0 Å². The summed E-state index contributed by atoms with van der Waals surface area (Å²) in [5.41, 5.74) is 0. The van der Waals surface area contributed by atoms with Crippen molar-refractivity contribution in [2.45, 2.75) is 44.7 Å². The first-order chi connectivity index (χ1) is 10.0. The van der Waals surface area contributed by atoms with Gasteiger partial charge in [0.2, 0.25) is 0 Å². The predicted octanol–water partition coefficient (Wildman–Crippen LogP) is 1.37. The number of nitrogens with one attached hydrogen (secondary N) is 2. The number of aliphatic carboxylic acids is 1. The molecule has 7 heteroatoms. The maximum absolute atomic E-state index is 11.8. The normalized spacial score (nSPS) is 18.8. The molecule has 2 amide bonds. The van der Waals surface area contributed by atoms with E-state index >= 15 is 0 Å². The SMILES string of the molecule is CSCCC(NC(=O)NCC(C)N1CCCCC1)C(=O)O. The molecule has 2 unspecified atom stereocenters. The first-order valence-corrected chi connectivity index (χ1v) is 8.94. The molecule has 1 fully saturated rings. The van der Waals surface area contributed by atoms with Gasteiger partial charge in [-0.05, 0) is 51.3 Å². The number of amides is 2. The second-order valence-electron chi connectivity index (χ2n) is 5.47. The van der Waals surface area contributed by atoms with Crippen molar-refractivity contribution in [2.75, 3.05) is 31.6 Å². The summed E-state index contributed by atoms with van der Waals surface area (Å²) in [7, 11) is 0. The summed E-state index contributed by atoms with van der Waals surface area (Å²) in [6.07, 6.45) is 6.07. The Morgan fingerprint density at radius 3 is 2.52 bits per heavy atom. The number of urea groups is 1. The van der Waals surface area contributed by atoms with Crippen LogP contribution in [0.3, 0.4) is 0 Å². The van der Waals surface area contributed by atoms with Gasteiger partial charge in [0, 0.05) is 12.6 Å². The lowest BCUT2D eigenvalue weighted by atomic mass is 10.1. The van der Waals surface area contributed by atoms with Crippen molar-refractivity contribution in [3.8, 4) is 0 Å². The second-order valence-corrected chi connectivity index (χ2v) is 6.46. The number of hydrogen-bond acceptors (Lipinski definition) is 4. The molecule has 0 aromatic carbocycles. The van der Waals surface area contributed by atoms with Crippen LogP contribution in [0.1, 0.15) is 32.6 Å².